The number of rotatable bonds is 5. The lowest BCUT2D eigenvalue weighted by atomic mass is 10.1. The molecule has 0 saturated carbocycles. The van der Waals surface area contributed by atoms with Crippen LogP contribution in [0.4, 0.5) is 0 Å². The second kappa shape index (κ2) is 7.82. The van der Waals surface area contributed by atoms with Crippen molar-refractivity contribution in [2.24, 2.45) is 0 Å². The van der Waals surface area contributed by atoms with Crippen LogP contribution in [0, 0.1) is 6.92 Å². The molecule has 1 heterocycles. The number of carbonyl (C=O) groups excluding carboxylic acids is 2. The standard InChI is InChI=1S/C20H20N4O3/c1-13-7-9-14(10-8-13)19(26)21-11-18(25)24(2)12-17-22-16-6-4-3-5-15(16)20(27)23-17/h3-10H,11-12H2,1-2H3,(H,21,26)(H,22,23,27). The van der Waals surface area contributed by atoms with E-state index in [1.165, 1.54) is 4.90 Å². The largest absolute Gasteiger partial charge is 0.343 e. The molecular formula is C20H20N4O3. The first-order valence-electron chi connectivity index (χ1n) is 8.51. The van der Waals surface area contributed by atoms with Crippen LogP contribution in [-0.2, 0) is 11.3 Å². The highest BCUT2D eigenvalue weighted by atomic mass is 16.2. The van der Waals surface area contributed by atoms with E-state index >= 15 is 0 Å². The molecule has 2 aromatic carbocycles. The number of hydrogen-bond acceptors (Lipinski definition) is 4. The maximum absolute atomic E-state index is 12.3. The second-order valence-electron chi connectivity index (χ2n) is 6.33. The number of aryl methyl sites for hydroxylation is 1. The van der Waals surface area contributed by atoms with Crippen LogP contribution in [0.5, 0.6) is 0 Å². The molecule has 0 aliphatic rings. The molecule has 138 valence electrons. The number of aromatic nitrogens is 2. The van der Waals surface area contributed by atoms with Gasteiger partial charge in [-0.25, -0.2) is 4.98 Å². The van der Waals surface area contributed by atoms with Crippen molar-refractivity contribution in [2.45, 2.75) is 13.5 Å². The highest BCUT2D eigenvalue weighted by Gasteiger charge is 2.13. The summed E-state index contributed by atoms with van der Waals surface area (Å²) in [5, 5.41) is 3.10. The summed E-state index contributed by atoms with van der Waals surface area (Å²) in [6, 6.07) is 14.1. The number of likely N-dealkylation sites (N-methyl/N-ethyl adjacent to an activating group) is 1. The Morgan fingerprint density at radius 3 is 2.56 bits per heavy atom. The van der Waals surface area contributed by atoms with E-state index in [1.54, 1.807) is 43.4 Å². The first-order chi connectivity index (χ1) is 12.9. The highest BCUT2D eigenvalue weighted by Crippen LogP contribution is 2.07. The van der Waals surface area contributed by atoms with Crippen molar-refractivity contribution in [3.63, 3.8) is 0 Å². The fourth-order valence-electron chi connectivity index (χ4n) is 2.62. The summed E-state index contributed by atoms with van der Waals surface area (Å²) in [6.45, 7) is 1.94. The summed E-state index contributed by atoms with van der Waals surface area (Å²) in [7, 11) is 1.59. The molecule has 0 fully saturated rings. The van der Waals surface area contributed by atoms with Gasteiger partial charge in [0.25, 0.3) is 11.5 Å². The van der Waals surface area contributed by atoms with Gasteiger partial charge in [0.15, 0.2) is 0 Å². The van der Waals surface area contributed by atoms with E-state index in [2.05, 4.69) is 15.3 Å². The van der Waals surface area contributed by atoms with Gasteiger partial charge in [-0.3, -0.25) is 14.4 Å². The van der Waals surface area contributed by atoms with E-state index in [-0.39, 0.29) is 30.5 Å². The molecule has 3 rings (SSSR count). The van der Waals surface area contributed by atoms with E-state index in [4.69, 9.17) is 0 Å². The normalized spacial score (nSPS) is 10.6. The van der Waals surface area contributed by atoms with Gasteiger partial charge in [0.05, 0.1) is 24.0 Å². The Kier molecular flexibility index (Phi) is 5.30. The average Bonchev–Trinajstić information content (AvgIpc) is 2.66. The zero-order valence-corrected chi connectivity index (χ0v) is 15.2. The van der Waals surface area contributed by atoms with E-state index in [0.29, 0.717) is 22.3 Å². The smallest absolute Gasteiger partial charge is 0.258 e. The Hall–Kier alpha value is -3.48. The third-order valence-electron chi connectivity index (χ3n) is 4.19. The van der Waals surface area contributed by atoms with Crippen LogP contribution in [0.15, 0.2) is 53.3 Å². The van der Waals surface area contributed by atoms with Crippen molar-refractivity contribution in [3.05, 3.63) is 75.8 Å². The highest BCUT2D eigenvalue weighted by molar-refractivity contribution is 5.96. The monoisotopic (exact) mass is 364 g/mol. The predicted octanol–water partition coefficient (Wildman–Crippen LogP) is 1.62. The summed E-state index contributed by atoms with van der Waals surface area (Å²) in [4.78, 5) is 44.9. The van der Waals surface area contributed by atoms with E-state index in [9.17, 15) is 14.4 Å². The Morgan fingerprint density at radius 1 is 1.11 bits per heavy atom. The Morgan fingerprint density at radius 2 is 1.81 bits per heavy atom. The van der Waals surface area contributed by atoms with Crippen LogP contribution in [-0.4, -0.2) is 40.3 Å². The lowest BCUT2D eigenvalue weighted by molar-refractivity contribution is -0.129. The van der Waals surface area contributed by atoms with Crippen LogP contribution in [0.3, 0.4) is 0 Å². The number of para-hydroxylation sites is 1. The number of fused-ring (bicyclic) bond motifs is 1. The fourth-order valence-corrected chi connectivity index (χ4v) is 2.62. The third-order valence-corrected chi connectivity index (χ3v) is 4.19. The van der Waals surface area contributed by atoms with Gasteiger partial charge in [0, 0.05) is 12.6 Å². The molecule has 0 saturated heterocycles. The molecule has 0 atom stereocenters. The minimum absolute atomic E-state index is 0.138. The number of nitrogens with zero attached hydrogens (tertiary/aromatic N) is 2. The maximum Gasteiger partial charge on any atom is 0.258 e. The molecule has 0 radical (unpaired) electrons. The second-order valence-corrected chi connectivity index (χ2v) is 6.33. The van der Waals surface area contributed by atoms with Gasteiger partial charge in [0.2, 0.25) is 5.91 Å². The number of amides is 2. The Bertz CT molecular complexity index is 1040. The van der Waals surface area contributed by atoms with Crippen LogP contribution in [0.2, 0.25) is 0 Å². The first-order valence-corrected chi connectivity index (χ1v) is 8.51. The molecule has 2 N–H and O–H groups in total. The molecule has 7 nitrogen and oxygen atoms in total. The SMILES string of the molecule is Cc1ccc(C(=O)NCC(=O)N(C)Cc2nc3ccccc3c(=O)[nH]2)cc1. The fraction of sp³-hybridized carbons (Fsp3) is 0.200. The van der Waals surface area contributed by atoms with Crippen molar-refractivity contribution in [1.82, 2.24) is 20.2 Å². The summed E-state index contributed by atoms with van der Waals surface area (Å²) < 4.78 is 0. The van der Waals surface area contributed by atoms with Gasteiger partial charge in [-0.2, -0.15) is 0 Å². The van der Waals surface area contributed by atoms with Gasteiger partial charge < -0.3 is 15.2 Å². The van der Waals surface area contributed by atoms with E-state index in [0.717, 1.165) is 5.56 Å². The number of hydrogen-bond donors (Lipinski definition) is 2. The van der Waals surface area contributed by atoms with E-state index < -0.39 is 0 Å². The summed E-state index contributed by atoms with van der Waals surface area (Å²) in [6.07, 6.45) is 0. The maximum atomic E-state index is 12.3. The van der Waals surface area contributed by atoms with Crippen molar-refractivity contribution >= 4 is 22.7 Å². The molecule has 0 bridgehead atoms. The van der Waals surface area contributed by atoms with Crippen LogP contribution >= 0.6 is 0 Å². The summed E-state index contributed by atoms with van der Waals surface area (Å²) >= 11 is 0. The zero-order chi connectivity index (χ0) is 19.4. The van der Waals surface area contributed by atoms with Gasteiger partial charge in [-0.05, 0) is 31.2 Å². The minimum Gasteiger partial charge on any atom is -0.343 e. The molecule has 0 aliphatic carbocycles. The molecule has 0 unspecified atom stereocenters. The topological polar surface area (TPSA) is 95.2 Å². The lowest BCUT2D eigenvalue weighted by Gasteiger charge is -2.17. The summed E-state index contributed by atoms with van der Waals surface area (Å²) in [5.74, 6) is -0.209. The molecule has 2 amide bonds. The quantitative estimate of drug-likeness (QED) is 0.719. The van der Waals surface area contributed by atoms with Gasteiger partial charge in [0.1, 0.15) is 5.82 Å². The third kappa shape index (κ3) is 4.38. The zero-order valence-electron chi connectivity index (χ0n) is 15.2. The molecular weight excluding hydrogens is 344 g/mol. The number of benzene rings is 2. The summed E-state index contributed by atoms with van der Waals surface area (Å²) in [5.41, 5.74) is 1.88. The van der Waals surface area contributed by atoms with E-state index in [1.807, 2.05) is 19.1 Å². The Balaban J connectivity index is 1.61. The number of carbonyl (C=O) groups is 2. The number of H-pyrrole nitrogens is 1. The molecule has 3 aromatic rings. The molecule has 0 spiro atoms. The number of nitrogens with one attached hydrogen (secondary N) is 2. The molecule has 0 aliphatic heterocycles. The molecule has 1 aromatic heterocycles. The van der Waals surface area contributed by atoms with Crippen LogP contribution < -0.4 is 10.9 Å². The minimum atomic E-state index is -0.311. The average molecular weight is 364 g/mol. The molecule has 27 heavy (non-hydrogen) atoms. The van der Waals surface area contributed by atoms with Crippen molar-refractivity contribution in [1.29, 1.82) is 0 Å². The van der Waals surface area contributed by atoms with Gasteiger partial charge in [-0.15, -0.1) is 0 Å². The van der Waals surface area contributed by atoms with Gasteiger partial charge >= 0.3 is 0 Å². The van der Waals surface area contributed by atoms with Crippen molar-refractivity contribution in [2.75, 3.05) is 13.6 Å². The molecule has 7 heteroatoms. The van der Waals surface area contributed by atoms with Crippen molar-refractivity contribution in [3.8, 4) is 0 Å². The predicted molar refractivity (Wildman–Crippen MR) is 102 cm³/mol. The lowest BCUT2D eigenvalue weighted by Crippen LogP contribution is -2.38. The van der Waals surface area contributed by atoms with Gasteiger partial charge in [-0.1, -0.05) is 29.8 Å². The van der Waals surface area contributed by atoms with Crippen LogP contribution in [0.1, 0.15) is 21.7 Å². The van der Waals surface area contributed by atoms with Crippen LogP contribution in [0.25, 0.3) is 10.9 Å². The first kappa shape index (κ1) is 18.3. The van der Waals surface area contributed by atoms with Crippen molar-refractivity contribution < 1.29 is 9.59 Å². The Labute approximate surface area is 156 Å². The number of aromatic amines is 1.